The molecule has 0 fully saturated rings. The summed E-state index contributed by atoms with van der Waals surface area (Å²) in [6, 6.07) is 122. The van der Waals surface area contributed by atoms with E-state index < -0.39 is 0 Å². The van der Waals surface area contributed by atoms with Gasteiger partial charge in [-0.25, -0.2) is 0 Å². The van der Waals surface area contributed by atoms with Crippen LogP contribution in [0.2, 0.25) is 0 Å². The Balaban J connectivity index is 0.660. The van der Waals surface area contributed by atoms with Crippen LogP contribution in [-0.4, -0.2) is 71.8 Å². The third-order valence-electron chi connectivity index (χ3n) is 22.9. The van der Waals surface area contributed by atoms with E-state index in [4.69, 9.17) is 37.9 Å². The third-order valence-corrected chi connectivity index (χ3v) is 22.9. The number of ether oxygens (including phenoxy) is 8. The minimum absolute atomic E-state index is 0.00448. The first-order valence-electron chi connectivity index (χ1n) is 39.5. The highest BCUT2D eigenvalue weighted by molar-refractivity contribution is 6.23. The maximum absolute atomic E-state index is 15.0. The van der Waals surface area contributed by atoms with E-state index in [0.29, 0.717) is 11.1 Å². The molecule has 0 radical (unpaired) electrons. The van der Waals surface area contributed by atoms with E-state index in [1.807, 2.05) is 97.1 Å². The van der Waals surface area contributed by atoms with Crippen LogP contribution < -0.4 is 57.5 Å². The monoisotopic (exact) mass is 1570 g/mol. The molecule has 0 amide bonds. The standard InChI is InChI=1S/C105H82N6O9/c1-113-85-39-19-71(20-40-85)106(72-21-41-86(114-2)42-22-72)81-35-57-101-95(63-81)96-64-82(107(73-23-43-87(115-3)44-24-73)74-25-45-88(116-4)46-26-74)36-58-102(96)110(101)79-15-9-67(10-16-79)69-13-55-93-94-56-14-70(62-100(94)105(112)99(93)61-69)68-11-17-80(18-12-68)111-103-59-37-83(108(75-27-47-89(117-5)48-28-75)76-29-49-90(118-6)50-30-76)65-97(103)98-66-84(38-60-104(98)111)109(77-31-51-91(119-7)52-32-77)78-33-53-92(120-8)54-34-78/h9-66H,1-8H3. The third kappa shape index (κ3) is 13.6. The first-order chi connectivity index (χ1) is 59.0. The Kier molecular flexibility index (Phi) is 19.6. The van der Waals surface area contributed by atoms with E-state index in [-0.39, 0.29) is 5.78 Å². The van der Waals surface area contributed by atoms with Crippen molar-refractivity contribution in [2.24, 2.45) is 0 Å². The zero-order valence-corrected chi connectivity index (χ0v) is 67.3. The lowest BCUT2D eigenvalue weighted by molar-refractivity contribution is 0.104. The molecule has 0 aliphatic heterocycles. The number of rotatable bonds is 24. The van der Waals surface area contributed by atoms with E-state index >= 15 is 4.79 Å². The summed E-state index contributed by atoms with van der Waals surface area (Å²) in [5, 5.41) is 4.19. The molecule has 19 rings (SSSR count). The number of aromatic nitrogens is 2. The Hall–Kier alpha value is -15.6. The van der Waals surface area contributed by atoms with Crippen LogP contribution in [0.15, 0.2) is 352 Å². The Morgan fingerprint density at radius 1 is 0.183 bits per heavy atom. The lowest BCUT2D eigenvalue weighted by atomic mass is 9.98. The second kappa shape index (κ2) is 31.5. The van der Waals surface area contributed by atoms with Crippen molar-refractivity contribution in [1.29, 1.82) is 0 Å². The number of carbonyl (C=O) groups is 1. The lowest BCUT2D eigenvalue weighted by Gasteiger charge is -2.26. The van der Waals surface area contributed by atoms with Gasteiger partial charge in [-0.3, -0.25) is 4.79 Å². The number of benzene rings is 16. The topological polar surface area (TPSA) is 114 Å². The molecule has 0 atom stereocenters. The predicted molar refractivity (Wildman–Crippen MR) is 486 cm³/mol. The van der Waals surface area contributed by atoms with Crippen molar-refractivity contribution >= 4 is 118 Å². The van der Waals surface area contributed by atoms with E-state index in [1.54, 1.807) is 56.9 Å². The summed E-state index contributed by atoms with van der Waals surface area (Å²) >= 11 is 0. The first-order valence-corrected chi connectivity index (χ1v) is 39.5. The van der Waals surface area contributed by atoms with Gasteiger partial charge in [0.05, 0.1) is 78.9 Å². The fraction of sp³-hybridized carbons (Fsp3) is 0.0762. The highest BCUT2D eigenvalue weighted by Gasteiger charge is 2.30. The fourth-order valence-corrected chi connectivity index (χ4v) is 16.8. The van der Waals surface area contributed by atoms with Gasteiger partial charge in [0.2, 0.25) is 0 Å². The van der Waals surface area contributed by atoms with Crippen LogP contribution in [0.5, 0.6) is 46.0 Å². The Labute approximate surface area is 695 Å². The van der Waals surface area contributed by atoms with Gasteiger partial charge < -0.3 is 66.6 Å². The molecule has 18 aromatic rings. The van der Waals surface area contributed by atoms with E-state index in [9.17, 15) is 0 Å². The smallest absolute Gasteiger partial charge is 0.194 e. The van der Waals surface area contributed by atoms with Gasteiger partial charge in [0, 0.05) is 112 Å². The van der Waals surface area contributed by atoms with Crippen molar-refractivity contribution in [3.8, 4) is 90.8 Å². The minimum atomic E-state index is -0.00448. The summed E-state index contributed by atoms with van der Waals surface area (Å²) in [6.45, 7) is 0. The summed E-state index contributed by atoms with van der Waals surface area (Å²) < 4.78 is 49.8. The van der Waals surface area contributed by atoms with Crippen LogP contribution in [0.1, 0.15) is 15.9 Å². The Morgan fingerprint density at radius 3 is 0.558 bits per heavy atom. The molecular weight excluding hydrogens is 1490 g/mol. The van der Waals surface area contributed by atoms with E-state index in [2.05, 4.69) is 284 Å². The summed E-state index contributed by atoms with van der Waals surface area (Å²) in [5.41, 5.74) is 24.6. The number of fused-ring (bicyclic) bond motifs is 9. The molecule has 15 nitrogen and oxygen atoms in total. The molecule has 0 spiro atoms. The second-order valence-corrected chi connectivity index (χ2v) is 29.3. The Morgan fingerprint density at radius 2 is 0.367 bits per heavy atom. The minimum Gasteiger partial charge on any atom is -0.497 e. The van der Waals surface area contributed by atoms with Crippen molar-refractivity contribution in [1.82, 2.24) is 9.13 Å². The molecule has 1 aliphatic carbocycles. The van der Waals surface area contributed by atoms with Gasteiger partial charge in [-0.1, -0.05) is 48.5 Å². The van der Waals surface area contributed by atoms with Gasteiger partial charge in [-0.15, -0.1) is 0 Å². The van der Waals surface area contributed by atoms with Gasteiger partial charge in [0.15, 0.2) is 5.78 Å². The van der Waals surface area contributed by atoms with Crippen LogP contribution in [0.4, 0.5) is 68.2 Å². The summed E-state index contributed by atoms with van der Waals surface area (Å²) in [6.07, 6.45) is 0. The fourth-order valence-electron chi connectivity index (χ4n) is 16.8. The molecular formula is C105H82N6O9. The van der Waals surface area contributed by atoms with E-state index in [1.165, 1.54) is 0 Å². The summed E-state index contributed by atoms with van der Waals surface area (Å²) in [4.78, 5) is 24.0. The molecule has 586 valence electrons. The zero-order chi connectivity index (χ0) is 81.6. The predicted octanol–water partition coefficient (Wildman–Crippen LogP) is 26.4. The molecule has 16 aromatic carbocycles. The molecule has 0 saturated carbocycles. The average Bonchev–Trinajstić information content (AvgIpc) is 1.58. The molecule has 0 bridgehead atoms. The normalized spacial score (nSPS) is 11.5. The lowest BCUT2D eigenvalue weighted by Crippen LogP contribution is -2.10. The SMILES string of the molecule is COc1ccc(N(c2ccc(OC)cc2)c2ccc3c(c2)c2cc(N(c4ccc(OC)cc4)c4ccc(OC)cc4)ccc2n3-c2ccc(-c3ccc4c(c3)C(=O)c3cc(-c5ccc(-n6c7ccc(N(c8ccc(OC)cc8)c8ccc(OC)cc8)cc7c7cc(N(c8ccc(OC)cc8)c8ccc(OC)cc8)ccc76)cc5)ccc3-4)cc2)cc1. The van der Waals surface area contributed by atoms with Crippen LogP contribution in [-0.2, 0) is 0 Å². The largest absolute Gasteiger partial charge is 0.497 e. The van der Waals surface area contributed by atoms with E-state index in [0.717, 1.165) is 203 Å². The zero-order valence-electron chi connectivity index (χ0n) is 67.3. The molecule has 2 heterocycles. The van der Waals surface area contributed by atoms with Gasteiger partial charge in [-0.2, -0.15) is 0 Å². The molecule has 0 saturated heterocycles. The molecule has 0 unspecified atom stereocenters. The van der Waals surface area contributed by atoms with Gasteiger partial charge in [0.1, 0.15) is 46.0 Å². The maximum Gasteiger partial charge on any atom is 0.194 e. The van der Waals surface area contributed by atoms with Crippen LogP contribution in [0.25, 0.3) is 88.4 Å². The quantitative estimate of drug-likeness (QED) is 0.0572. The van der Waals surface area contributed by atoms with Crippen LogP contribution in [0, 0.1) is 0 Å². The molecule has 15 heteroatoms. The Bertz CT molecular complexity index is 5940. The number of nitrogens with zero attached hydrogens (tertiary/aromatic N) is 6. The average molecular weight is 1570 g/mol. The summed E-state index contributed by atoms with van der Waals surface area (Å²) in [5.74, 6) is 6.11. The number of anilines is 12. The van der Waals surface area contributed by atoms with Crippen LogP contribution in [0.3, 0.4) is 0 Å². The number of carbonyl (C=O) groups excluding carboxylic acids is 1. The highest BCUT2D eigenvalue weighted by atomic mass is 16.5. The van der Waals surface area contributed by atoms with Crippen LogP contribution >= 0.6 is 0 Å². The second-order valence-electron chi connectivity index (χ2n) is 29.3. The van der Waals surface area contributed by atoms with Crippen molar-refractivity contribution in [3.63, 3.8) is 0 Å². The number of hydrogen-bond acceptors (Lipinski definition) is 13. The molecule has 0 N–H and O–H groups in total. The maximum atomic E-state index is 15.0. The summed E-state index contributed by atoms with van der Waals surface area (Å²) in [7, 11) is 13.5. The number of hydrogen-bond donors (Lipinski definition) is 0. The van der Waals surface area contributed by atoms with Gasteiger partial charge in [-0.05, 0) is 337 Å². The van der Waals surface area contributed by atoms with Gasteiger partial charge in [0.25, 0.3) is 0 Å². The highest BCUT2D eigenvalue weighted by Crippen LogP contribution is 2.49. The molecule has 120 heavy (non-hydrogen) atoms. The van der Waals surface area contributed by atoms with Gasteiger partial charge >= 0.3 is 0 Å². The molecule has 2 aromatic heterocycles. The number of methoxy groups -OCH3 is 8. The molecule has 1 aliphatic rings. The first kappa shape index (κ1) is 74.5. The van der Waals surface area contributed by atoms with Crippen molar-refractivity contribution < 1.29 is 42.7 Å². The number of ketones is 1. The van der Waals surface area contributed by atoms with Crippen molar-refractivity contribution in [2.75, 3.05) is 76.5 Å². The van der Waals surface area contributed by atoms with Crippen molar-refractivity contribution in [3.05, 3.63) is 363 Å². The van der Waals surface area contributed by atoms with Crippen molar-refractivity contribution in [2.45, 2.75) is 0 Å².